The second kappa shape index (κ2) is 6.90. The van der Waals surface area contributed by atoms with Crippen molar-refractivity contribution in [2.24, 2.45) is 0 Å². The number of hydrogen-bond acceptors (Lipinski definition) is 4. The van der Waals surface area contributed by atoms with E-state index in [1.807, 2.05) is 6.92 Å². The Morgan fingerprint density at radius 3 is 3.06 bits per heavy atom. The first-order chi connectivity index (χ1) is 8.11. The third-order valence-corrected chi connectivity index (χ3v) is 2.50. The minimum Gasteiger partial charge on any atom is -0.396 e. The summed E-state index contributed by atoms with van der Waals surface area (Å²) in [5.41, 5.74) is 6.15. The van der Waals surface area contributed by atoms with Gasteiger partial charge in [-0.15, -0.1) is 0 Å². The van der Waals surface area contributed by atoms with Gasteiger partial charge < -0.3 is 15.8 Å². The molecule has 6 nitrogen and oxygen atoms in total. The van der Waals surface area contributed by atoms with Crippen molar-refractivity contribution < 1.29 is 9.53 Å². The molecule has 0 aliphatic carbocycles. The first-order valence-electron chi connectivity index (χ1n) is 5.69. The molecule has 0 spiro atoms. The molecule has 0 radical (unpaired) electrons. The van der Waals surface area contributed by atoms with Crippen molar-refractivity contribution in [3.8, 4) is 0 Å². The summed E-state index contributed by atoms with van der Waals surface area (Å²) in [7, 11) is 1.64. The van der Waals surface area contributed by atoms with Gasteiger partial charge in [-0.3, -0.25) is 9.48 Å². The number of methoxy groups -OCH3 is 1. The zero-order valence-electron chi connectivity index (χ0n) is 10.3. The number of carbonyl (C=O) groups is 1. The number of carbonyl (C=O) groups excluding carboxylic acids is 1. The Bertz CT molecular complexity index is 351. The average Bonchev–Trinajstić information content (AvgIpc) is 2.72. The average molecular weight is 240 g/mol. The lowest BCUT2D eigenvalue weighted by atomic mass is 10.2. The lowest BCUT2D eigenvalue weighted by molar-refractivity contribution is -0.121. The monoisotopic (exact) mass is 240 g/mol. The largest absolute Gasteiger partial charge is 0.396 e. The SMILES string of the molecule is COC(C)CCC(=O)NCCn1cc(N)cn1. The first-order valence-corrected chi connectivity index (χ1v) is 5.69. The fourth-order valence-electron chi connectivity index (χ4n) is 1.35. The quantitative estimate of drug-likeness (QED) is 0.722. The molecule has 0 saturated carbocycles. The number of nitrogens with one attached hydrogen (secondary N) is 1. The summed E-state index contributed by atoms with van der Waals surface area (Å²) >= 11 is 0. The molecule has 0 aliphatic rings. The molecular formula is C11H20N4O2. The lowest BCUT2D eigenvalue weighted by Crippen LogP contribution is -2.28. The highest BCUT2D eigenvalue weighted by Crippen LogP contribution is 1.99. The van der Waals surface area contributed by atoms with Crippen molar-refractivity contribution in [3.05, 3.63) is 12.4 Å². The van der Waals surface area contributed by atoms with Crippen LogP contribution in [0.5, 0.6) is 0 Å². The van der Waals surface area contributed by atoms with Crippen LogP contribution in [0, 0.1) is 0 Å². The molecule has 0 saturated heterocycles. The third kappa shape index (κ3) is 5.35. The van der Waals surface area contributed by atoms with Gasteiger partial charge in [0.1, 0.15) is 0 Å². The van der Waals surface area contributed by atoms with Crippen molar-refractivity contribution in [2.45, 2.75) is 32.4 Å². The first kappa shape index (κ1) is 13.5. The van der Waals surface area contributed by atoms with Crippen molar-refractivity contribution in [1.82, 2.24) is 15.1 Å². The highest BCUT2D eigenvalue weighted by molar-refractivity contribution is 5.75. The van der Waals surface area contributed by atoms with Crippen molar-refractivity contribution in [1.29, 1.82) is 0 Å². The minimum absolute atomic E-state index is 0.0361. The Kier molecular flexibility index (Phi) is 5.48. The highest BCUT2D eigenvalue weighted by Gasteiger charge is 2.05. The van der Waals surface area contributed by atoms with Crippen molar-refractivity contribution in [2.75, 3.05) is 19.4 Å². The number of rotatable bonds is 7. The van der Waals surface area contributed by atoms with E-state index in [0.717, 1.165) is 6.42 Å². The Balaban J connectivity index is 2.12. The van der Waals surface area contributed by atoms with Crippen LogP contribution in [0.4, 0.5) is 5.69 Å². The Labute approximate surface area is 101 Å². The molecule has 1 aromatic heterocycles. The molecule has 1 rings (SSSR count). The fourth-order valence-corrected chi connectivity index (χ4v) is 1.35. The van der Waals surface area contributed by atoms with E-state index in [4.69, 9.17) is 10.5 Å². The van der Waals surface area contributed by atoms with E-state index in [9.17, 15) is 4.79 Å². The zero-order chi connectivity index (χ0) is 12.7. The number of nitrogen functional groups attached to an aromatic ring is 1. The topological polar surface area (TPSA) is 82.2 Å². The molecule has 3 N–H and O–H groups in total. The van der Waals surface area contributed by atoms with Crippen LogP contribution in [0.3, 0.4) is 0 Å². The summed E-state index contributed by atoms with van der Waals surface area (Å²) < 4.78 is 6.77. The van der Waals surface area contributed by atoms with E-state index < -0.39 is 0 Å². The summed E-state index contributed by atoms with van der Waals surface area (Å²) in [6, 6.07) is 0. The molecule has 1 heterocycles. The molecule has 0 aliphatic heterocycles. The van der Waals surface area contributed by atoms with Crippen LogP contribution in [0.2, 0.25) is 0 Å². The van der Waals surface area contributed by atoms with Gasteiger partial charge in [0.2, 0.25) is 5.91 Å². The van der Waals surface area contributed by atoms with E-state index in [0.29, 0.717) is 25.2 Å². The Hall–Kier alpha value is -1.56. The molecule has 1 aromatic rings. The summed E-state index contributed by atoms with van der Waals surface area (Å²) in [6.45, 7) is 3.13. The predicted octanol–water partition coefficient (Wildman–Crippen LogP) is 0.397. The van der Waals surface area contributed by atoms with Crippen LogP contribution in [-0.2, 0) is 16.1 Å². The van der Waals surface area contributed by atoms with Gasteiger partial charge in [-0.2, -0.15) is 5.10 Å². The lowest BCUT2D eigenvalue weighted by Gasteiger charge is -2.09. The van der Waals surface area contributed by atoms with E-state index >= 15 is 0 Å². The van der Waals surface area contributed by atoms with Gasteiger partial charge in [0.05, 0.1) is 24.5 Å². The zero-order valence-corrected chi connectivity index (χ0v) is 10.3. The van der Waals surface area contributed by atoms with E-state index in [2.05, 4.69) is 10.4 Å². The van der Waals surface area contributed by atoms with E-state index in [1.165, 1.54) is 0 Å². The van der Waals surface area contributed by atoms with Crippen LogP contribution in [0.25, 0.3) is 0 Å². The van der Waals surface area contributed by atoms with Crippen LogP contribution in [-0.4, -0.2) is 35.4 Å². The number of aromatic nitrogens is 2. The standard InChI is InChI=1S/C11H20N4O2/c1-9(17-2)3-4-11(16)13-5-6-15-8-10(12)7-14-15/h7-9H,3-6,12H2,1-2H3,(H,13,16). The molecule has 0 fully saturated rings. The number of anilines is 1. The molecule has 1 atom stereocenters. The predicted molar refractivity (Wildman–Crippen MR) is 65.4 cm³/mol. The van der Waals surface area contributed by atoms with Crippen LogP contribution >= 0.6 is 0 Å². The summed E-state index contributed by atoms with van der Waals surface area (Å²) in [4.78, 5) is 11.4. The van der Waals surface area contributed by atoms with Crippen LogP contribution in [0.15, 0.2) is 12.4 Å². The van der Waals surface area contributed by atoms with Crippen LogP contribution < -0.4 is 11.1 Å². The maximum Gasteiger partial charge on any atom is 0.220 e. The van der Waals surface area contributed by atoms with Gasteiger partial charge in [0.15, 0.2) is 0 Å². The Morgan fingerprint density at radius 1 is 1.71 bits per heavy atom. The minimum atomic E-state index is 0.0361. The van der Waals surface area contributed by atoms with Gasteiger partial charge in [-0.1, -0.05) is 0 Å². The molecule has 96 valence electrons. The van der Waals surface area contributed by atoms with Gasteiger partial charge >= 0.3 is 0 Å². The highest BCUT2D eigenvalue weighted by atomic mass is 16.5. The fraction of sp³-hybridized carbons (Fsp3) is 0.636. The molecule has 0 aromatic carbocycles. The number of hydrogen-bond donors (Lipinski definition) is 2. The number of ether oxygens (including phenoxy) is 1. The maximum absolute atomic E-state index is 11.4. The molecule has 17 heavy (non-hydrogen) atoms. The second-order valence-electron chi connectivity index (χ2n) is 3.97. The molecule has 0 bridgehead atoms. The summed E-state index contributed by atoms with van der Waals surface area (Å²) in [5, 5.41) is 6.84. The number of amides is 1. The summed E-state index contributed by atoms with van der Waals surface area (Å²) in [5.74, 6) is 0.0361. The van der Waals surface area contributed by atoms with Gasteiger partial charge in [-0.05, 0) is 13.3 Å². The van der Waals surface area contributed by atoms with Gasteiger partial charge in [-0.25, -0.2) is 0 Å². The number of nitrogens with zero attached hydrogens (tertiary/aromatic N) is 2. The molecule has 1 unspecified atom stereocenters. The molecule has 6 heteroatoms. The van der Waals surface area contributed by atoms with Crippen molar-refractivity contribution >= 4 is 11.6 Å². The maximum atomic E-state index is 11.4. The number of nitrogens with two attached hydrogens (primary N) is 1. The molecule has 1 amide bonds. The third-order valence-electron chi connectivity index (χ3n) is 2.50. The van der Waals surface area contributed by atoms with E-state index in [1.54, 1.807) is 24.2 Å². The van der Waals surface area contributed by atoms with E-state index in [-0.39, 0.29) is 12.0 Å². The van der Waals surface area contributed by atoms with Gasteiger partial charge in [0.25, 0.3) is 0 Å². The molecular weight excluding hydrogens is 220 g/mol. The van der Waals surface area contributed by atoms with Crippen molar-refractivity contribution in [3.63, 3.8) is 0 Å². The summed E-state index contributed by atoms with van der Waals surface area (Å²) in [6.07, 6.45) is 4.65. The Morgan fingerprint density at radius 2 is 2.47 bits per heavy atom. The normalized spacial score (nSPS) is 12.4. The van der Waals surface area contributed by atoms with Gasteiger partial charge in [0, 0.05) is 26.3 Å². The smallest absolute Gasteiger partial charge is 0.220 e. The second-order valence-corrected chi connectivity index (χ2v) is 3.97. The van der Waals surface area contributed by atoms with Crippen LogP contribution in [0.1, 0.15) is 19.8 Å².